The van der Waals surface area contributed by atoms with Crippen LogP contribution in [0.3, 0.4) is 0 Å². The highest BCUT2D eigenvalue weighted by molar-refractivity contribution is 7.89. The number of rotatable bonds is 7. The maximum Gasteiger partial charge on any atom is 0.243 e. The maximum absolute atomic E-state index is 12.8. The number of sulfonamides is 1. The summed E-state index contributed by atoms with van der Waals surface area (Å²) in [5.41, 5.74) is 1.20. The Bertz CT molecular complexity index is 580. The summed E-state index contributed by atoms with van der Waals surface area (Å²) in [6.07, 6.45) is 4.05. The molecule has 2 rings (SSSR count). The highest BCUT2D eigenvalue weighted by Gasteiger charge is 2.29. The second-order valence-electron chi connectivity index (χ2n) is 6.98. The first kappa shape index (κ1) is 21.4. The van der Waals surface area contributed by atoms with Crippen LogP contribution in [0.2, 0.25) is 0 Å². The molecule has 138 valence electrons. The molecule has 1 aliphatic heterocycles. The third-order valence-electron chi connectivity index (χ3n) is 4.58. The van der Waals surface area contributed by atoms with Crippen LogP contribution in [0, 0.1) is 11.8 Å². The van der Waals surface area contributed by atoms with Crippen LogP contribution in [0.25, 0.3) is 0 Å². The molecule has 1 aromatic carbocycles. The van der Waals surface area contributed by atoms with E-state index < -0.39 is 10.0 Å². The van der Waals surface area contributed by atoms with Gasteiger partial charge in [-0.2, -0.15) is 4.31 Å². The van der Waals surface area contributed by atoms with E-state index in [1.807, 2.05) is 19.2 Å². The van der Waals surface area contributed by atoms with Crippen molar-refractivity contribution in [3.63, 3.8) is 0 Å². The molecule has 0 aromatic heterocycles. The second kappa shape index (κ2) is 9.76. The zero-order chi connectivity index (χ0) is 16.9. The summed E-state index contributed by atoms with van der Waals surface area (Å²) in [7, 11) is -1.37. The van der Waals surface area contributed by atoms with Crippen LogP contribution in [0.5, 0.6) is 0 Å². The van der Waals surface area contributed by atoms with Gasteiger partial charge in [-0.15, -0.1) is 12.4 Å². The minimum absolute atomic E-state index is 0. The van der Waals surface area contributed by atoms with Crippen LogP contribution in [0.4, 0.5) is 0 Å². The first-order chi connectivity index (χ1) is 10.9. The molecule has 0 aliphatic carbocycles. The Labute approximate surface area is 153 Å². The maximum atomic E-state index is 12.8. The molecule has 0 saturated carbocycles. The lowest BCUT2D eigenvalue weighted by atomic mass is 9.95. The first-order valence-electron chi connectivity index (χ1n) is 8.67. The van der Waals surface area contributed by atoms with E-state index >= 15 is 0 Å². The zero-order valence-electron chi connectivity index (χ0n) is 15.0. The van der Waals surface area contributed by atoms with Crippen LogP contribution in [-0.4, -0.2) is 39.4 Å². The van der Waals surface area contributed by atoms with Gasteiger partial charge in [0.15, 0.2) is 0 Å². The van der Waals surface area contributed by atoms with Gasteiger partial charge >= 0.3 is 0 Å². The fourth-order valence-electron chi connectivity index (χ4n) is 3.20. The lowest BCUT2D eigenvalue weighted by molar-refractivity contribution is 0.263. The zero-order valence-corrected chi connectivity index (χ0v) is 16.6. The molecule has 4 nitrogen and oxygen atoms in total. The van der Waals surface area contributed by atoms with E-state index in [0.717, 1.165) is 32.2 Å². The highest BCUT2D eigenvalue weighted by atomic mass is 35.5. The molecule has 1 aliphatic rings. The number of hydrogen-bond acceptors (Lipinski definition) is 3. The summed E-state index contributed by atoms with van der Waals surface area (Å²) >= 11 is 0. The Hall–Kier alpha value is -0.620. The number of hydrogen-bond donors (Lipinski definition) is 1. The van der Waals surface area contributed by atoms with Gasteiger partial charge in [-0.25, -0.2) is 8.42 Å². The topological polar surface area (TPSA) is 49.4 Å². The molecule has 24 heavy (non-hydrogen) atoms. The highest BCUT2D eigenvalue weighted by Crippen LogP contribution is 2.25. The van der Waals surface area contributed by atoms with E-state index in [2.05, 4.69) is 19.2 Å². The Morgan fingerprint density at radius 2 is 1.75 bits per heavy atom. The van der Waals surface area contributed by atoms with Crippen molar-refractivity contribution in [2.45, 2.75) is 44.4 Å². The van der Waals surface area contributed by atoms with E-state index in [0.29, 0.717) is 29.8 Å². The van der Waals surface area contributed by atoms with Gasteiger partial charge in [0.2, 0.25) is 10.0 Å². The molecule has 1 saturated heterocycles. The minimum Gasteiger partial charge on any atom is -0.320 e. The fourth-order valence-corrected chi connectivity index (χ4v) is 4.67. The molecule has 0 atom stereocenters. The largest absolute Gasteiger partial charge is 0.320 e. The van der Waals surface area contributed by atoms with Crippen molar-refractivity contribution in [3.8, 4) is 0 Å². The second-order valence-corrected chi connectivity index (χ2v) is 8.92. The predicted molar refractivity (Wildman–Crippen MR) is 102 cm³/mol. The van der Waals surface area contributed by atoms with E-state index in [-0.39, 0.29) is 12.4 Å². The summed E-state index contributed by atoms with van der Waals surface area (Å²) in [5.74, 6) is 1.22. The van der Waals surface area contributed by atoms with E-state index in [9.17, 15) is 8.42 Å². The molecule has 0 amide bonds. The van der Waals surface area contributed by atoms with Crippen molar-refractivity contribution in [2.24, 2.45) is 11.8 Å². The van der Waals surface area contributed by atoms with Gasteiger partial charge < -0.3 is 5.32 Å². The lowest BCUT2D eigenvalue weighted by Gasteiger charge is -2.31. The molecule has 1 fully saturated rings. The number of piperidine rings is 1. The average Bonchev–Trinajstić information content (AvgIpc) is 2.53. The summed E-state index contributed by atoms with van der Waals surface area (Å²) in [4.78, 5) is 0.429. The molecular weight excluding hydrogens is 344 g/mol. The van der Waals surface area contributed by atoms with Crippen molar-refractivity contribution >= 4 is 22.4 Å². The normalized spacial score (nSPS) is 17.0. The Morgan fingerprint density at radius 1 is 1.17 bits per heavy atom. The minimum atomic E-state index is -3.33. The molecule has 0 unspecified atom stereocenters. The van der Waals surface area contributed by atoms with Crippen molar-refractivity contribution in [2.75, 3.05) is 26.7 Å². The smallest absolute Gasteiger partial charge is 0.243 e. The standard InChI is InChI=1S/C18H30N2O2S.ClH/c1-15(2)14-17-4-6-18(7-5-17)23(21,22)20-12-9-16(10-13-20)8-11-19-3;/h4-7,15-16,19H,8-14H2,1-3H3;1H. The summed E-state index contributed by atoms with van der Waals surface area (Å²) in [5, 5.41) is 3.17. The lowest BCUT2D eigenvalue weighted by Crippen LogP contribution is -2.38. The third kappa shape index (κ3) is 5.73. The predicted octanol–water partition coefficient (Wildman–Crippen LogP) is 3.32. The molecule has 6 heteroatoms. The molecule has 0 radical (unpaired) electrons. The Morgan fingerprint density at radius 3 is 2.25 bits per heavy atom. The average molecular weight is 375 g/mol. The molecule has 1 N–H and O–H groups in total. The molecule has 0 spiro atoms. The molecule has 1 heterocycles. The Kier molecular flexibility index (Phi) is 8.71. The van der Waals surface area contributed by atoms with Gasteiger partial charge in [-0.05, 0) is 68.8 Å². The molecule has 0 bridgehead atoms. The quantitative estimate of drug-likeness (QED) is 0.796. The molecular formula is C18H31ClN2O2S. The Balaban J connectivity index is 0.00000288. The van der Waals surface area contributed by atoms with Crippen LogP contribution in [0.15, 0.2) is 29.2 Å². The van der Waals surface area contributed by atoms with Gasteiger partial charge in [0.25, 0.3) is 0 Å². The first-order valence-corrected chi connectivity index (χ1v) is 10.1. The van der Waals surface area contributed by atoms with E-state index in [1.165, 1.54) is 5.56 Å². The van der Waals surface area contributed by atoms with Crippen molar-refractivity contribution in [1.82, 2.24) is 9.62 Å². The summed E-state index contributed by atoms with van der Waals surface area (Å²) in [6, 6.07) is 7.43. The third-order valence-corrected chi connectivity index (χ3v) is 6.49. The number of halogens is 1. The summed E-state index contributed by atoms with van der Waals surface area (Å²) in [6.45, 7) is 6.63. The van der Waals surface area contributed by atoms with Gasteiger partial charge in [-0.3, -0.25) is 0 Å². The van der Waals surface area contributed by atoms with Crippen LogP contribution in [0.1, 0.15) is 38.7 Å². The van der Waals surface area contributed by atoms with Crippen molar-refractivity contribution in [3.05, 3.63) is 29.8 Å². The summed E-state index contributed by atoms with van der Waals surface area (Å²) < 4.78 is 27.2. The van der Waals surface area contributed by atoms with Gasteiger partial charge in [0, 0.05) is 13.1 Å². The monoisotopic (exact) mass is 374 g/mol. The van der Waals surface area contributed by atoms with Gasteiger partial charge in [0.05, 0.1) is 4.90 Å². The number of nitrogens with zero attached hydrogens (tertiary/aromatic N) is 1. The fraction of sp³-hybridized carbons (Fsp3) is 0.667. The SMILES string of the molecule is CNCCC1CCN(S(=O)(=O)c2ccc(CC(C)C)cc2)CC1.Cl. The number of benzene rings is 1. The van der Waals surface area contributed by atoms with Gasteiger partial charge in [0.1, 0.15) is 0 Å². The van der Waals surface area contributed by atoms with Gasteiger partial charge in [-0.1, -0.05) is 26.0 Å². The van der Waals surface area contributed by atoms with E-state index in [1.54, 1.807) is 16.4 Å². The van der Waals surface area contributed by atoms with Crippen LogP contribution >= 0.6 is 12.4 Å². The molecule has 1 aromatic rings. The number of nitrogens with one attached hydrogen (secondary N) is 1. The van der Waals surface area contributed by atoms with Crippen molar-refractivity contribution in [1.29, 1.82) is 0 Å². The van der Waals surface area contributed by atoms with Crippen molar-refractivity contribution < 1.29 is 8.42 Å². The van der Waals surface area contributed by atoms with E-state index in [4.69, 9.17) is 0 Å². The van der Waals surface area contributed by atoms with Crippen LogP contribution < -0.4 is 5.32 Å². The van der Waals surface area contributed by atoms with Crippen LogP contribution in [-0.2, 0) is 16.4 Å².